The van der Waals surface area contributed by atoms with E-state index in [0.29, 0.717) is 21.4 Å². The van der Waals surface area contributed by atoms with E-state index >= 15 is 0 Å². The first-order chi connectivity index (χ1) is 14.8. The molecule has 0 aromatic heterocycles. The van der Waals surface area contributed by atoms with E-state index in [1.54, 1.807) is 53.8 Å². The Hall–Kier alpha value is -3.04. The van der Waals surface area contributed by atoms with Crippen LogP contribution in [0.3, 0.4) is 0 Å². The van der Waals surface area contributed by atoms with Crippen LogP contribution in [0.5, 0.6) is 0 Å². The number of quaternary nitrogens is 1. The van der Waals surface area contributed by atoms with Crippen molar-refractivity contribution in [3.05, 3.63) is 58.6 Å². The van der Waals surface area contributed by atoms with Crippen molar-refractivity contribution in [2.45, 2.75) is 24.4 Å². The molecule has 0 radical (unpaired) electrons. The van der Waals surface area contributed by atoms with Crippen molar-refractivity contribution >= 4 is 51.0 Å². The number of carbonyl (C=O) groups is 4. The molecule has 31 heavy (non-hydrogen) atoms. The highest BCUT2D eigenvalue weighted by atomic mass is 79.9. The summed E-state index contributed by atoms with van der Waals surface area (Å²) in [5, 5.41) is 15.7. The maximum atomic E-state index is 13.7. The standard InChI is InChI=1S/C22H18BrN3O5/c23-11-4-3-5-12(10-11)26-19(29)17-15(8-9-16(27)28)25-22(18(17)20(26)30)13-6-1-2-7-14(13)24-21(22)31/h1-7,10,15,17-18,25H,8-9H2,(H,24,31)(H,27,28)/t15-,17+,18-,22-/m0/s1. The second-order valence-electron chi connectivity index (χ2n) is 8.11. The number of hydrogen-bond acceptors (Lipinski definition) is 5. The normalized spacial score (nSPS) is 28.7. The van der Waals surface area contributed by atoms with Crippen molar-refractivity contribution in [2.24, 2.45) is 11.8 Å². The lowest BCUT2D eigenvalue weighted by Crippen LogP contribution is -2.99. The Balaban J connectivity index is 1.65. The molecule has 3 N–H and O–H groups in total. The average molecular weight is 484 g/mol. The van der Waals surface area contributed by atoms with Gasteiger partial charge in [0, 0.05) is 22.4 Å². The van der Waals surface area contributed by atoms with Gasteiger partial charge in [-0.05, 0) is 30.7 Å². The van der Waals surface area contributed by atoms with Crippen LogP contribution in [0.15, 0.2) is 53.0 Å². The number of hydrogen-bond donors (Lipinski definition) is 2. The molecule has 2 aromatic carbocycles. The van der Waals surface area contributed by atoms with Gasteiger partial charge >= 0.3 is 0 Å². The number of carbonyl (C=O) groups excluding carboxylic acids is 4. The highest BCUT2D eigenvalue weighted by molar-refractivity contribution is 9.10. The highest BCUT2D eigenvalue weighted by Gasteiger charge is 2.74. The first-order valence-electron chi connectivity index (χ1n) is 9.95. The van der Waals surface area contributed by atoms with Gasteiger partial charge in [-0.1, -0.05) is 40.2 Å². The number of amides is 3. The van der Waals surface area contributed by atoms with Gasteiger partial charge in [-0.25, -0.2) is 4.90 Å². The third-order valence-corrected chi connectivity index (χ3v) is 7.02. The van der Waals surface area contributed by atoms with Crippen LogP contribution in [-0.4, -0.2) is 29.7 Å². The molecule has 5 rings (SSSR count). The van der Waals surface area contributed by atoms with Crippen molar-refractivity contribution < 1.29 is 29.6 Å². The lowest BCUT2D eigenvalue weighted by molar-refractivity contribution is -0.733. The predicted octanol–water partition coefficient (Wildman–Crippen LogP) is -0.122. The Morgan fingerprint density at radius 2 is 1.90 bits per heavy atom. The highest BCUT2D eigenvalue weighted by Crippen LogP contribution is 2.50. The molecule has 8 nitrogen and oxygen atoms in total. The molecule has 2 fully saturated rings. The molecule has 0 saturated carbocycles. The van der Waals surface area contributed by atoms with E-state index in [1.165, 1.54) is 0 Å². The minimum absolute atomic E-state index is 0.117. The number of carboxylic acid groups (broad SMARTS) is 1. The van der Waals surface area contributed by atoms with Gasteiger partial charge in [-0.15, -0.1) is 0 Å². The summed E-state index contributed by atoms with van der Waals surface area (Å²) in [5.41, 5.74) is 0.345. The first-order valence-corrected chi connectivity index (χ1v) is 10.7. The van der Waals surface area contributed by atoms with Crippen LogP contribution < -0.4 is 20.6 Å². The molecule has 1 spiro atoms. The fourth-order valence-corrected chi connectivity index (χ4v) is 5.73. The zero-order valence-corrected chi connectivity index (χ0v) is 17.8. The van der Waals surface area contributed by atoms with E-state index in [9.17, 15) is 24.3 Å². The number of nitrogens with zero attached hydrogens (tertiary/aromatic N) is 1. The van der Waals surface area contributed by atoms with Crippen LogP contribution in [0.4, 0.5) is 11.4 Å². The summed E-state index contributed by atoms with van der Waals surface area (Å²) < 4.78 is 0.710. The molecular weight excluding hydrogens is 466 g/mol. The number of halogens is 1. The zero-order valence-electron chi connectivity index (χ0n) is 16.2. The van der Waals surface area contributed by atoms with Crippen LogP contribution in [0, 0.1) is 11.8 Å². The molecule has 0 bridgehead atoms. The number of fused-ring (bicyclic) bond motifs is 4. The number of benzene rings is 2. The maximum absolute atomic E-state index is 13.7. The minimum atomic E-state index is -1.31. The lowest BCUT2D eigenvalue weighted by atomic mass is 9.76. The number of nitrogens with two attached hydrogens (primary N) is 1. The molecule has 4 atom stereocenters. The topological polar surface area (TPSA) is 123 Å². The van der Waals surface area contributed by atoms with Gasteiger partial charge in [-0.2, -0.15) is 0 Å². The largest absolute Gasteiger partial charge is 0.550 e. The SMILES string of the molecule is O=C([O-])CC[C@@H]1[NH2+][C@]2(C(=O)Nc3ccccc32)[C@@H]2C(=O)N(c3cccc(Br)c3)C(=O)[C@H]12. The molecule has 0 unspecified atom stereocenters. The number of nitrogens with one attached hydrogen (secondary N) is 1. The smallest absolute Gasteiger partial charge is 0.291 e. The van der Waals surface area contributed by atoms with Crippen LogP contribution >= 0.6 is 15.9 Å². The van der Waals surface area contributed by atoms with E-state index in [2.05, 4.69) is 21.2 Å². The summed E-state index contributed by atoms with van der Waals surface area (Å²) in [5.74, 6) is -4.22. The van der Waals surface area contributed by atoms with E-state index in [4.69, 9.17) is 0 Å². The third kappa shape index (κ3) is 2.76. The van der Waals surface area contributed by atoms with E-state index < -0.39 is 41.2 Å². The average Bonchev–Trinajstić information content (AvgIpc) is 3.31. The van der Waals surface area contributed by atoms with Crippen molar-refractivity contribution in [1.82, 2.24) is 0 Å². The van der Waals surface area contributed by atoms with Gasteiger partial charge in [0.2, 0.25) is 17.4 Å². The first kappa shape index (κ1) is 19.9. The number of anilines is 2. The quantitative estimate of drug-likeness (QED) is 0.586. The summed E-state index contributed by atoms with van der Waals surface area (Å²) >= 11 is 3.36. The third-order valence-electron chi connectivity index (χ3n) is 6.52. The number of para-hydroxylation sites is 1. The lowest BCUT2D eigenvalue weighted by Gasteiger charge is -2.26. The fourth-order valence-electron chi connectivity index (χ4n) is 5.34. The van der Waals surface area contributed by atoms with Gasteiger partial charge in [0.1, 0.15) is 17.9 Å². The summed E-state index contributed by atoms with van der Waals surface area (Å²) in [6.45, 7) is 0. The molecule has 3 amide bonds. The summed E-state index contributed by atoms with van der Waals surface area (Å²) in [4.78, 5) is 52.7. The Labute approximate surface area is 185 Å². The predicted molar refractivity (Wildman–Crippen MR) is 110 cm³/mol. The van der Waals surface area contributed by atoms with Crippen molar-refractivity contribution in [3.63, 3.8) is 0 Å². The van der Waals surface area contributed by atoms with E-state index in [1.807, 2.05) is 0 Å². The molecule has 2 saturated heterocycles. The molecule has 158 valence electrons. The second-order valence-corrected chi connectivity index (χ2v) is 9.02. The van der Waals surface area contributed by atoms with Gasteiger partial charge in [0.05, 0.1) is 11.4 Å². The van der Waals surface area contributed by atoms with Gasteiger partial charge in [-0.3, -0.25) is 14.4 Å². The van der Waals surface area contributed by atoms with Gasteiger partial charge in [0.15, 0.2) is 0 Å². The number of aliphatic carboxylic acids is 1. The molecular formula is C22H18BrN3O5. The fraction of sp³-hybridized carbons (Fsp3) is 0.273. The van der Waals surface area contributed by atoms with E-state index in [-0.39, 0.29) is 18.7 Å². The molecule has 3 aliphatic heterocycles. The molecule has 0 aliphatic carbocycles. The Morgan fingerprint density at radius 1 is 1.13 bits per heavy atom. The number of rotatable bonds is 4. The van der Waals surface area contributed by atoms with Crippen LogP contribution in [0.1, 0.15) is 18.4 Å². The zero-order chi connectivity index (χ0) is 21.9. The molecule has 2 aromatic rings. The van der Waals surface area contributed by atoms with Crippen molar-refractivity contribution in [3.8, 4) is 0 Å². The monoisotopic (exact) mass is 483 g/mol. The second kappa shape index (κ2) is 7.00. The van der Waals surface area contributed by atoms with Crippen molar-refractivity contribution in [1.29, 1.82) is 0 Å². The molecule has 3 heterocycles. The van der Waals surface area contributed by atoms with Crippen LogP contribution in [0.2, 0.25) is 0 Å². The van der Waals surface area contributed by atoms with Gasteiger partial charge < -0.3 is 20.5 Å². The van der Waals surface area contributed by atoms with Crippen molar-refractivity contribution in [2.75, 3.05) is 10.2 Å². The Kier molecular flexibility index (Phi) is 4.49. The maximum Gasteiger partial charge on any atom is 0.291 e. The summed E-state index contributed by atoms with van der Waals surface area (Å²) in [6.07, 6.45) is -0.145. The summed E-state index contributed by atoms with van der Waals surface area (Å²) in [7, 11) is 0. The Morgan fingerprint density at radius 3 is 2.65 bits per heavy atom. The summed E-state index contributed by atoms with van der Waals surface area (Å²) in [6, 6.07) is 13.4. The molecule has 9 heteroatoms. The van der Waals surface area contributed by atoms with E-state index in [0.717, 1.165) is 4.90 Å². The molecule has 3 aliphatic rings. The van der Waals surface area contributed by atoms with Crippen LogP contribution in [-0.2, 0) is 24.7 Å². The van der Waals surface area contributed by atoms with Gasteiger partial charge in [0.25, 0.3) is 5.91 Å². The number of carboxylic acids is 1. The Bertz CT molecular complexity index is 1150. The van der Waals surface area contributed by atoms with Crippen LogP contribution in [0.25, 0.3) is 0 Å². The number of imide groups is 1. The minimum Gasteiger partial charge on any atom is -0.550 e.